The lowest BCUT2D eigenvalue weighted by Crippen LogP contribution is -2.38. The van der Waals surface area contributed by atoms with Crippen LogP contribution >= 0.6 is 0 Å². The molecule has 1 N–H and O–H groups in total. The number of ketones is 1. The van der Waals surface area contributed by atoms with Gasteiger partial charge in [0.2, 0.25) is 5.89 Å². The average molecular weight is 476 g/mol. The number of aryl methyl sites for hydroxylation is 1. The van der Waals surface area contributed by atoms with Gasteiger partial charge in [-0.05, 0) is 55.2 Å². The van der Waals surface area contributed by atoms with Gasteiger partial charge in [-0.3, -0.25) is 19.3 Å². The average Bonchev–Trinajstić information content (AvgIpc) is 3.57. The van der Waals surface area contributed by atoms with Crippen LogP contribution in [-0.4, -0.2) is 41.8 Å². The van der Waals surface area contributed by atoms with E-state index in [1.807, 2.05) is 24.3 Å². The minimum Gasteiger partial charge on any atom is -0.485 e. The maximum Gasteiger partial charge on any atom is 0.273 e. The van der Waals surface area contributed by atoms with Crippen LogP contribution in [0.5, 0.6) is 11.5 Å². The normalized spacial score (nSPS) is 14.8. The van der Waals surface area contributed by atoms with Crippen molar-refractivity contribution < 1.29 is 28.3 Å². The van der Waals surface area contributed by atoms with Gasteiger partial charge in [0.05, 0.1) is 5.69 Å². The molecule has 5 rings (SSSR count). The number of ether oxygens (including phenoxy) is 2. The molecule has 0 saturated heterocycles. The number of rotatable bonds is 9. The van der Waals surface area contributed by atoms with E-state index >= 15 is 0 Å². The standard InChI is InChI=1S/C26H25N3O6/c1-2-16-3-8-19(9-4-16)33-14-22(30)17-5-10-23-21(11-17)29(25(31)15-34-23)12-24-28-20(13-35-24)26(32)27-18-6-7-18/h3-5,8-11,13,18H,2,6-7,12,14-15H2,1H3,(H,27,32). The highest BCUT2D eigenvalue weighted by molar-refractivity contribution is 6.02. The highest BCUT2D eigenvalue weighted by Gasteiger charge is 2.29. The van der Waals surface area contributed by atoms with E-state index in [9.17, 15) is 14.4 Å². The summed E-state index contributed by atoms with van der Waals surface area (Å²) in [7, 11) is 0. The van der Waals surface area contributed by atoms with E-state index in [2.05, 4.69) is 17.2 Å². The molecule has 180 valence electrons. The van der Waals surface area contributed by atoms with Crippen molar-refractivity contribution in [3.05, 3.63) is 71.4 Å². The number of oxazole rings is 1. The lowest BCUT2D eigenvalue weighted by Gasteiger charge is -2.28. The summed E-state index contributed by atoms with van der Waals surface area (Å²) in [6.07, 6.45) is 4.14. The van der Waals surface area contributed by atoms with Crippen LogP contribution in [-0.2, 0) is 17.8 Å². The molecule has 0 unspecified atom stereocenters. The zero-order valence-corrected chi connectivity index (χ0v) is 19.3. The third-order valence-corrected chi connectivity index (χ3v) is 5.92. The van der Waals surface area contributed by atoms with Crippen LogP contribution < -0.4 is 19.7 Å². The molecule has 3 aromatic rings. The molecule has 1 aliphatic carbocycles. The van der Waals surface area contributed by atoms with Gasteiger partial charge in [-0.1, -0.05) is 19.1 Å². The molecule has 1 saturated carbocycles. The maximum atomic E-state index is 12.8. The van der Waals surface area contributed by atoms with Crippen molar-refractivity contribution in [2.24, 2.45) is 0 Å². The fraction of sp³-hybridized carbons (Fsp3) is 0.308. The Morgan fingerprint density at radius 1 is 1.17 bits per heavy atom. The van der Waals surface area contributed by atoms with Crippen LogP contribution in [0.25, 0.3) is 0 Å². The number of Topliss-reactive ketones (excluding diaryl/α,β-unsaturated/α-hetero) is 1. The summed E-state index contributed by atoms with van der Waals surface area (Å²) in [5.74, 6) is 0.447. The molecule has 1 aromatic heterocycles. The highest BCUT2D eigenvalue weighted by atomic mass is 16.5. The predicted molar refractivity (Wildman–Crippen MR) is 126 cm³/mol. The van der Waals surface area contributed by atoms with E-state index in [1.165, 1.54) is 16.7 Å². The molecule has 2 amide bonds. The van der Waals surface area contributed by atoms with Crippen molar-refractivity contribution >= 4 is 23.3 Å². The Bertz CT molecular complexity index is 1260. The monoisotopic (exact) mass is 475 g/mol. The summed E-state index contributed by atoms with van der Waals surface area (Å²) < 4.78 is 16.6. The molecule has 2 aromatic carbocycles. The minimum atomic E-state index is -0.309. The zero-order chi connectivity index (χ0) is 24.4. The van der Waals surface area contributed by atoms with Crippen LogP contribution in [0.1, 0.15) is 52.1 Å². The fourth-order valence-corrected chi connectivity index (χ4v) is 3.71. The van der Waals surface area contributed by atoms with Gasteiger partial charge in [0.25, 0.3) is 11.8 Å². The van der Waals surface area contributed by atoms with E-state index in [4.69, 9.17) is 13.9 Å². The Balaban J connectivity index is 1.29. The summed E-state index contributed by atoms with van der Waals surface area (Å²) in [6, 6.07) is 12.7. The first-order valence-corrected chi connectivity index (χ1v) is 11.6. The Hall–Kier alpha value is -4.14. The summed E-state index contributed by atoms with van der Waals surface area (Å²) in [6.45, 7) is 1.79. The first kappa shape index (κ1) is 22.6. The van der Waals surface area contributed by atoms with Crippen molar-refractivity contribution in [2.45, 2.75) is 38.8 Å². The first-order valence-electron chi connectivity index (χ1n) is 11.6. The van der Waals surface area contributed by atoms with E-state index in [0.717, 1.165) is 19.3 Å². The molecule has 2 aliphatic rings. The molecule has 0 atom stereocenters. The molecule has 0 spiro atoms. The number of carbonyl (C=O) groups is 3. The number of nitrogens with zero attached hydrogens (tertiary/aromatic N) is 2. The number of aromatic nitrogens is 1. The second kappa shape index (κ2) is 9.61. The van der Waals surface area contributed by atoms with Gasteiger partial charge in [-0.15, -0.1) is 0 Å². The number of hydrogen-bond donors (Lipinski definition) is 1. The quantitative estimate of drug-likeness (QED) is 0.473. The molecule has 2 heterocycles. The van der Waals surface area contributed by atoms with Crippen LogP contribution in [0.15, 0.2) is 53.1 Å². The van der Waals surface area contributed by atoms with Gasteiger partial charge in [0.15, 0.2) is 24.7 Å². The lowest BCUT2D eigenvalue weighted by molar-refractivity contribution is -0.121. The summed E-state index contributed by atoms with van der Waals surface area (Å²) in [4.78, 5) is 43.3. The number of benzene rings is 2. The van der Waals surface area contributed by atoms with Crippen LogP contribution in [0, 0.1) is 0 Å². The van der Waals surface area contributed by atoms with Crippen molar-refractivity contribution in [3.63, 3.8) is 0 Å². The molecular formula is C26H25N3O6. The Labute approximate surface area is 202 Å². The van der Waals surface area contributed by atoms with E-state index in [-0.39, 0.29) is 55.0 Å². The Morgan fingerprint density at radius 2 is 1.97 bits per heavy atom. The predicted octanol–water partition coefficient (Wildman–Crippen LogP) is 3.32. The minimum absolute atomic E-state index is 0.00379. The third-order valence-electron chi connectivity index (χ3n) is 5.92. The molecule has 9 nitrogen and oxygen atoms in total. The van der Waals surface area contributed by atoms with Gasteiger partial charge >= 0.3 is 0 Å². The fourth-order valence-electron chi connectivity index (χ4n) is 3.71. The number of hydrogen-bond acceptors (Lipinski definition) is 7. The Kier molecular flexibility index (Phi) is 6.22. The second-order valence-corrected chi connectivity index (χ2v) is 8.53. The van der Waals surface area contributed by atoms with Crippen molar-refractivity contribution in [3.8, 4) is 11.5 Å². The van der Waals surface area contributed by atoms with Gasteiger partial charge < -0.3 is 19.2 Å². The van der Waals surface area contributed by atoms with Crippen molar-refractivity contribution in [1.29, 1.82) is 0 Å². The Morgan fingerprint density at radius 3 is 2.71 bits per heavy atom. The topological polar surface area (TPSA) is 111 Å². The molecule has 35 heavy (non-hydrogen) atoms. The first-order chi connectivity index (χ1) is 17.0. The number of anilines is 1. The second-order valence-electron chi connectivity index (χ2n) is 8.53. The molecule has 0 bridgehead atoms. The van der Waals surface area contributed by atoms with Gasteiger partial charge in [-0.2, -0.15) is 0 Å². The summed E-state index contributed by atoms with van der Waals surface area (Å²) in [5, 5.41) is 2.85. The molecule has 1 aliphatic heterocycles. The van der Waals surface area contributed by atoms with Gasteiger partial charge in [-0.25, -0.2) is 4.98 Å². The highest BCUT2D eigenvalue weighted by Crippen LogP contribution is 2.34. The summed E-state index contributed by atoms with van der Waals surface area (Å²) >= 11 is 0. The maximum absolute atomic E-state index is 12.8. The SMILES string of the molecule is CCc1ccc(OCC(=O)c2ccc3c(c2)N(Cc2nc(C(=O)NC4CC4)co2)C(=O)CO3)cc1. The van der Waals surface area contributed by atoms with Gasteiger partial charge in [0.1, 0.15) is 24.3 Å². The van der Waals surface area contributed by atoms with Gasteiger partial charge in [0, 0.05) is 11.6 Å². The number of nitrogens with one attached hydrogen (secondary N) is 1. The van der Waals surface area contributed by atoms with Crippen molar-refractivity contribution in [1.82, 2.24) is 10.3 Å². The molecule has 0 radical (unpaired) electrons. The van der Waals surface area contributed by atoms with Crippen LogP contribution in [0.3, 0.4) is 0 Å². The van der Waals surface area contributed by atoms with E-state index in [0.29, 0.717) is 22.7 Å². The van der Waals surface area contributed by atoms with Crippen LogP contribution in [0.4, 0.5) is 5.69 Å². The number of amides is 2. The van der Waals surface area contributed by atoms with E-state index in [1.54, 1.807) is 18.2 Å². The number of carbonyl (C=O) groups excluding carboxylic acids is 3. The zero-order valence-electron chi connectivity index (χ0n) is 19.3. The molecule has 1 fully saturated rings. The molecule has 9 heteroatoms. The molecular weight excluding hydrogens is 450 g/mol. The third kappa shape index (κ3) is 5.18. The summed E-state index contributed by atoms with van der Waals surface area (Å²) in [5.41, 5.74) is 2.17. The smallest absolute Gasteiger partial charge is 0.273 e. The largest absolute Gasteiger partial charge is 0.485 e. The van der Waals surface area contributed by atoms with Crippen molar-refractivity contribution in [2.75, 3.05) is 18.1 Å². The van der Waals surface area contributed by atoms with E-state index < -0.39 is 0 Å². The number of fused-ring (bicyclic) bond motifs is 1. The lowest BCUT2D eigenvalue weighted by atomic mass is 10.1. The van der Waals surface area contributed by atoms with Crippen LogP contribution in [0.2, 0.25) is 0 Å².